The Kier molecular flexibility index (Phi) is 3.36. The lowest BCUT2D eigenvalue weighted by atomic mass is 9.92. The highest BCUT2D eigenvalue weighted by Crippen LogP contribution is 2.26. The van der Waals surface area contributed by atoms with E-state index in [1.54, 1.807) is 11.3 Å². The summed E-state index contributed by atoms with van der Waals surface area (Å²) in [4.78, 5) is 5.82. The molecule has 0 atom stereocenters. The van der Waals surface area contributed by atoms with Gasteiger partial charge in [-0.3, -0.25) is 0 Å². The highest BCUT2D eigenvalue weighted by atomic mass is 35.5. The van der Waals surface area contributed by atoms with E-state index in [0.29, 0.717) is 5.88 Å². The van der Waals surface area contributed by atoms with E-state index in [4.69, 9.17) is 11.6 Å². The summed E-state index contributed by atoms with van der Waals surface area (Å²) in [6.45, 7) is 8.52. The molecule has 0 aliphatic rings. The van der Waals surface area contributed by atoms with Crippen molar-refractivity contribution in [1.82, 2.24) is 4.98 Å². The van der Waals surface area contributed by atoms with Gasteiger partial charge in [0.25, 0.3) is 0 Å². The van der Waals surface area contributed by atoms with Crippen molar-refractivity contribution in [3.05, 3.63) is 15.6 Å². The summed E-state index contributed by atoms with van der Waals surface area (Å²) in [6.07, 6.45) is 0.982. The Labute approximate surface area is 89.1 Å². The summed E-state index contributed by atoms with van der Waals surface area (Å²) in [5, 5.41) is 1.21. The van der Waals surface area contributed by atoms with Crippen LogP contribution in [0.4, 0.5) is 0 Å². The minimum atomic E-state index is 0.165. The van der Waals surface area contributed by atoms with Crippen LogP contribution in [0.3, 0.4) is 0 Å². The van der Waals surface area contributed by atoms with Gasteiger partial charge in [0.1, 0.15) is 0 Å². The fourth-order valence-electron chi connectivity index (χ4n) is 1.07. The van der Waals surface area contributed by atoms with Crippen LogP contribution in [-0.4, -0.2) is 10.9 Å². The lowest BCUT2D eigenvalue weighted by Gasteiger charge is -2.19. The van der Waals surface area contributed by atoms with Crippen molar-refractivity contribution in [2.24, 2.45) is 5.41 Å². The first-order valence-electron chi connectivity index (χ1n) is 4.43. The van der Waals surface area contributed by atoms with Crippen molar-refractivity contribution >= 4 is 22.9 Å². The monoisotopic (exact) mass is 217 g/mol. The van der Waals surface area contributed by atoms with Crippen LogP contribution < -0.4 is 0 Å². The van der Waals surface area contributed by atoms with Crippen LogP contribution in [-0.2, 0) is 6.42 Å². The molecule has 0 bridgehead atoms. The van der Waals surface area contributed by atoms with Gasteiger partial charge in [0.2, 0.25) is 0 Å². The summed E-state index contributed by atoms with van der Waals surface area (Å²) >= 11 is 7.65. The van der Waals surface area contributed by atoms with Gasteiger partial charge in [-0.15, -0.1) is 22.9 Å². The van der Waals surface area contributed by atoms with Gasteiger partial charge in [-0.25, -0.2) is 4.98 Å². The molecule has 74 valence electrons. The summed E-state index contributed by atoms with van der Waals surface area (Å²) < 4.78 is 0. The molecule has 1 nitrogen and oxygen atoms in total. The van der Waals surface area contributed by atoms with E-state index in [1.807, 2.05) is 0 Å². The predicted molar refractivity (Wildman–Crippen MR) is 59.8 cm³/mol. The quantitative estimate of drug-likeness (QED) is 0.706. The highest BCUT2D eigenvalue weighted by Gasteiger charge is 2.19. The minimum absolute atomic E-state index is 0.165. The Morgan fingerprint density at radius 3 is 2.38 bits per heavy atom. The summed E-state index contributed by atoms with van der Waals surface area (Å²) in [7, 11) is 0. The minimum Gasteiger partial charge on any atom is -0.246 e. The SMILES string of the molecule is Cc1nc(CC(C)(C)CCl)sc1C. The Morgan fingerprint density at radius 1 is 1.38 bits per heavy atom. The number of alkyl halides is 1. The number of halogens is 1. The van der Waals surface area contributed by atoms with Gasteiger partial charge in [-0.1, -0.05) is 13.8 Å². The summed E-state index contributed by atoms with van der Waals surface area (Å²) in [5.41, 5.74) is 1.32. The predicted octanol–water partition coefficient (Wildman–Crippen LogP) is 3.57. The number of hydrogen-bond donors (Lipinski definition) is 0. The number of hydrogen-bond acceptors (Lipinski definition) is 2. The first-order valence-corrected chi connectivity index (χ1v) is 5.78. The molecule has 1 aromatic rings. The molecule has 0 aromatic carbocycles. The highest BCUT2D eigenvalue weighted by molar-refractivity contribution is 7.11. The second kappa shape index (κ2) is 3.97. The van der Waals surface area contributed by atoms with Crippen LogP contribution in [0.2, 0.25) is 0 Å². The third kappa shape index (κ3) is 2.96. The lowest BCUT2D eigenvalue weighted by molar-refractivity contribution is 0.417. The molecule has 3 heteroatoms. The molecule has 0 aliphatic carbocycles. The van der Waals surface area contributed by atoms with Gasteiger partial charge in [0, 0.05) is 17.2 Å². The van der Waals surface area contributed by atoms with Crippen LogP contribution in [0.5, 0.6) is 0 Å². The zero-order valence-corrected chi connectivity index (χ0v) is 10.2. The molecule has 0 saturated carbocycles. The third-order valence-corrected chi connectivity index (χ3v) is 3.86. The average Bonchev–Trinajstić information content (AvgIpc) is 2.30. The molecule has 0 N–H and O–H groups in total. The third-order valence-electron chi connectivity index (χ3n) is 2.06. The lowest BCUT2D eigenvalue weighted by Crippen LogP contribution is -2.16. The fourth-order valence-corrected chi connectivity index (χ4v) is 2.36. The van der Waals surface area contributed by atoms with E-state index in [0.717, 1.165) is 12.1 Å². The molecule has 0 amide bonds. The molecule has 1 heterocycles. The van der Waals surface area contributed by atoms with Crippen molar-refractivity contribution in [2.45, 2.75) is 34.1 Å². The molecule has 0 fully saturated rings. The van der Waals surface area contributed by atoms with E-state index in [-0.39, 0.29) is 5.41 Å². The maximum atomic E-state index is 5.87. The van der Waals surface area contributed by atoms with E-state index < -0.39 is 0 Å². The van der Waals surface area contributed by atoms with Crippen LogP contribution in [0.15, 0.2) is 0 Å². The number of aryl methyl sites for hydroxylation is 2. The first kappa shape index (κ1) is 11.0. The summed E-state index contributed by atoms with van der Waals surface area (Å²) in [6, 6.07) is 0. The molecule has 0 radical (unpaired) electrons. The van der Waals surface area contributed by atoms with Gasteiger partial charge < -0.3 is 0 Å². The van der Waals surface area contributed by atoms with E-state index in [2.05, 4.69) is 32.7 Å². The van der Waals surface area contributed by atoms with Crippen LogP contribution in [0, 0.1) is 19.3 Å². The Hall–Kier alpha value is -0.0800. The van der Waals surface area contributed by atoms with E-state index >= 15 is 0 Å². The van der Waals surface area contributed by atoms with Crippen LogP contribution in [0.25, 0.3) is 0 Å². The molecule has 13 heavy (non-hydrogen) atoms. The zero-order chi connectivity index (χ0) is 10.1. The van der Waals surface area contributed by atoms with Crippen molar-refractivity contribution in [3.63, 3.8) is 0 Å². The standard InChI is InChI=1S/C10H16ClNS/c1-7-8(2)13-9(12-7)5-10(3,4)6-11/h5-6H2,1-4H3. The number of thiazole rings is 1. The maximum absolute atomic E-state index is 5.87. The molecule has 1 rings (SSSR count). The van der Waals surface area contributed by atoms with Gasteiger partial charge in [-0.2, -0.15) is 0 Å². The maximum Gasteiger partial charge on any atom is 0.0936 e. The smallest absolute Gasteiger partial charge is 0.0936 e. The molecule has 1 aromatic heterocycles. The zero-order valence-electron chi connectivity index (χ0n) is 8.65. The van der Waals surface area contributed by atoms with Crippen LogP contribution >= 0.6 is 22.9 Å². The Morgan fingerprint density at radius 2 is 2.00 bits per heavy atom. The molecule has 0 aliphatic heterocycles. The number of aromatic nitrogens is 1. The van der Waals surface area contributed by atoms with Gasteiger partial charge in [0.15, 0.2) is 0 Å². The molecule has 0 spiro atoms. The number of rotatable bonds is 3. The van der Waals surface area contributed by atoms with Crippen LogP contribution in [0.1, 0.15) is 29.4 Å². The van der Waals surface area contributed by atoms with Crippen molar-refractivity contribution in [1.29, 1.82) is 0 Å². The van der Waals surface area contributed by atoms with E-state index in [1.165, 1.54) is 9.88 Å². The normalized spacial score (nSPS) is 12.1. The van der Waals surface area contributed by atoms with Gasteiger partial charge >= 0.3 is 0 Å². The second-order valence-corrected chi connectivity index (χ2v) is 5.78. The van der Waals surface area contributed by atoms with Crippen molar-refractivity contribution < 1.29 is 0 Å². The average molecular weight is 218 g/mol. The number of nitrogens with zero attached hydrogens (tertiary/aromatic N) is 1. The largest absolute Gasteiger partial charge is 0.246 e. The van der Waals surface area contributed by atoms with Crippen molar-refractivity contribution in [2.75, 3.05) is 5.88 Å². The topological polar surface area (TPSA) is 12.9 Å². The molecule has 0 unspecified atom stereocenters. The van der Waals surface area contributed by atoms with E-state index in [9.17, 15) is 0 Å². The van der Waals surface area contributed by atoms with Gasteiger partial charge in [-0.05, 0) is 19.3 Å². The van der Waals surface area contributed by atoms with Crippen molar-refractivity contribution in [3.8, 4) is 0 Å². The second-order valence-electron chi connectivity index (χ2n) is 4.22. The summed E-state index contributed by atoms with van der Waals surface area (Å²) in [5.74, 6) is 0.685. The Balaban J connectivity index is 2.75. The Bertz CT molecular complexity index is 272. The first-order chi connectivity index (χ1) is 5.94. The fraction of sp³-hybridized carbons (Fsp3) is 0.700. The van der Waals surface area contributed by atoms with Gasteiger partial charge in [0.05, 0.1) is 10.7 Å². The molecular formula is C10H16ClNS. The molecule has 0 saturated heterocycles. The molecular weight excluding hydrogens is 202 g/mol.